The number of hydrogen-bond donors (Lipinski definition) is 1. The minimum atomic E-state index is -0.0763. The van der Waals surface area contributed by atoms with Gasteiger partial charge in [-0.15, -0.1) is 0 Å². The van der Waals surface area contributed by atoms with E-state index < -0.39 is 0 Å². The van der Waals surface area contributed by atoms with Gasteiger partial charge in [0.05, 0.1) is 6.10 Å². The van der Waals surface area contributed by atoms with Crippen molar-refractivity contribution < 1.29 is 5.11 Å². The molecule has 1 N–H and O–H groups in total. The molecule has 0 radical (unpaired) electrons. The first-order chi connectivity index (χ1) is 5.74. The predicted octanol–water partition coefficient (Wildman–Crippen LogP) is 2.97. The van der Waals surface area contributed by atoms with Crippen LogP contribution in [0.1, 0.15) is 52.4 Å². The van der Waals surface area contributed by atoms with E-state index in [1.807, 2.05) is 6.92 Å². The summed E-state index contributed by atoms with van der Waals surface area (Å²) in [6.45, 7) is 4.20. The monoisotopic (exact) mass is 170 g/mol. The van der Waals surface area contributed by atoms with Gasteiger partial charge in [-0.1, -0.05) is 32.6 Å². The summed E-state index contributed by atoms with van der Waals surface area (Å²) in [6.07, 6.45) is 7.85. The molecule has 1 nitrogen and oxygen atoms in total. The van der Waals surface area contributed by atoms with Gasteiger partial charge in [0.2, 0.25) is 0 Å². The molecule has 0 unspecified atom stereocenters. The van der Waals surface area contributed by atoms with Crippen LogP contribution >= 0.6 is 0 Å². The van der Waals surface area contributed by atoms with Crippen LogP contribution in [0, 0.1) is 11.8 Å². The van der Waals surface area contributed by atoms with Crippen LogP contribution in [0.2, 0.25) is 0 Å². The van der Waals surface area contributed by atoms with Gasteiger partial charge in [-0.25, -0.2) is 0 Å². The topological polar surface area (TPSA) is 20.2 Å². The zero-order valence-electron chi connectivity index (χ0n) is 8.42. The molecular formula is C11H22O. The lowest BCUT2D eigenvalue weighted by Crippen LogP contribution is -2.23. The van der Waals surface area contributed by atoms with Crippen molar-refractivity contribution >= 4 is 0 Å². The third-order valence-electron chi connectivity index (χ3n) is 3.27. The van der Waals surface area contributed by atoms with Gasteiger partial charge in [0.1, 0.15) is 0 Å². The van der Waals surface area contributed by atoms with E-state index in [0.29, 0.717) is 5.92 Å². The van der Waals surface area contributed by atoms with E-state index in [9.17, 15) is 5.11 Å². The first-order valence-corrected chi connectivity index (χ1v) is 5.42. The highest BCUT2D eigenvalue weighted by atomic mass is 16.3. The van der Waals surface area contributed by atoms with E-state index >= 15 is 0 Å². The molecule has 1 heteroatoms. The largest absolute Gasteiger partial charge is 0.393 e. The molecule has 0 spiro atoms. The van der Waals surface area contributed by atoms with E-state index in [0.717, 1.165) is 5.92 Å². The standard InChI is InChI=1S/C11H22O/c1-3-4-10-5-7-11(8-6-10)9(2)12/h9-12H,3-8H2,1-2H3/t9-,10?,11?/m0/s1. The molecule has 1 rings (SSSR count). The summed E-state index contributed by atoms with van der Waals surface area (Å²) in [5.74, 6) is 1.56. The lowest BCUT2D eigenvalue weighted by molar-refractivity contribution is 0.0872. The van der Waals surface area contributed by atoms with Gasteiger partial charge in [0.25, 0.3) is 0 Å². The molecule has 0 aromatic carbocycles. The van der Waals surface area contributed by atoms with Crippen LogP contribution in [-0.2, 0) is 0 Å². The van der Waals surface area contributed by atoms with Gasteiger partial charge < -0.3 is 5.11 Å². The molecule has 0 bridgehead atoms. The van der Waals surface area contributed by atoms with Gasteiger partial charge in [0.15, 0.2) is 0 Å². The molecule has 1 aliphatic carbocycles. The van der Waals surface area contributed by atoms with Gasteiger partial charge >= 0.3 is 0 Å². The third-order valence-corrected chi connectivity index (χ3v) is 3.27. The highest BCUT2D eigenvalue weighted by molar-refractivity contribution is 4.75. The average Bonchev–Trinajstić information content (AvgIpc) is 2.06. The van der Waals surface area contributed by atoms with Crippen LogP contribution in [0.3, 0.4) is 0 Å². The maximum atomic E-state index is 9.39. The Bertz CT molecular complexity index is 112. The number of aliphatic hydroxyl groups is 1. The molecule has 0 saturated heterocycles. The van der Waals surface area contributed by atoms with Gasteiger partial charge in [-0.2, -0.15) is 0 Å². The minimum absolute atomic E-state index is 0.0763. The molecule has 0 aliphatic heterocycles. The van der Waals surface area contributed by atoms with Crippen molar-refractivity contribution in [1.82, 2.24) is 0 Å². The molecular weight excluding hydrogens is 148 g/mol. The summed E-state index contributed by atoms with van der Waals surface area (Å²) in [5, 5.41) is 9.39. The molecule has 0 aromatic heterocycles. The van der Waals surface area contributed by atoms with Gasteiger partial charge in [-0.05, 0) is 31.6 Å². The number of hydrogen-bond acceptors (Lipinski definition) is 1. The Kier molecular flexibility index (Phi) is 4.07. The summed E-state index contributed by atoms with van der Waals surface area (Å²) in [5.41, 5.74) is 0. The average molecular weight is 170 g/mol. The molecule has 1 aliphatic rings. The molecule has 12 heavy (non-hydrogen) atoms. The van der Waals surface area contributed by atoms with Crippen LogP contribution in [0.4, 0.5) is 0 Å². The SMILES string of the molecule is CCCC1CCC([C@H](C)O)CC1. The summed E-state index contributed by atoms with van der Waals surface area (Å²) >= 11 is 0. The van der Waals surface area contributed by atoms with Crippen molar-refractivity contribution in [3.05, 3.63) is 0 Å². The maximum Gasteiger partial charge on any atom is 0.0540 e. The molecule has 0 amide bonds. The second-order valence-electron chi connectivity index (χ2n) is 4.31. The second-order valence-corrected chi connectivity index (χ2v) is 4.31. The number of aliphatic hydroxyl groups excluding tert-OH is 1. The third kappa shape index (κ3) is 2.78. The van der Waals surface area contributed by atoms with E-state index in [1.165, 1.54) is 38.5 Å². The van der Waals surface area contributed by atoms with Crippen molar-refractivity contribution in [3.8, 4) is 0 Å². The van der Waals surface area contributed by atoms with Crippen LogP contribution in [-0.4, -0.2) is 11.2 Å². The van der Waals surface area contributed by atoms with E-state index in [4.69, 9.17) is 0 Å². The Morgan fingerprint density at radius 3 is 2.25 bits per heavy atom. The Morgan fingerprint density at radius 1 is 1.25 bits per heavy atom. The summed E-state index contributed by atoms with van der Waals surface area (Å²) in [7, 11) is 0. The molecule has 0 aromatic rings. The molecule has 1 saturated carbocycles. The Labute approximate surface area is 76.2 Å². The lowest BCUT2D eigenvalue weighted by Gasteiger charge is -2.29. The van der Waals surface area contributed by atoms with Crippen molar-refractivity contribution in [1.29, 1.82) is 0 Å². The van der Waals surface area contributed by atoms with Crippen molar-refractivity contribution in [2.24, 2.45) is 11.8 Å². The highest BCUT2D eigenvalue weighted by Crippen LogP contribution is 2.32. The summed E-state index contributed by atoms with van der Waals surface area (Å²) in [4.78, 5) is 0. The molecule has 1 atom stereocenters. The van der Waals surface area contributed by atoms with Crippen molar-refractivity contribution in [2.45, 2.75) is 58.5 Å². The van der Waals surface area contributed by atoms with Crippen LogP contribution < -0.4 is 0 Å². The van der Waals surface area contributed by atoms with Gasteiger partial charge in [0, 0.05) is 0 Å². The first-order valence-electron chi connectivity index (χ1n) is 5.42. The Morgan fingerprint density at radius 2 is 1.83 bits per heavy atom. The number of rotatable bonds is 3. The van der Waals surface area contributed by atoms with Crippen LogP contribution in [0.15, 0.2) is 0 Å². The lowest BCUT2D eigenvalue weighted by atomic mass is 9.78. The van der Waals surface area contributed by atoms with E-state index in [1.54, 1.807) is 0 Å². The normalized spacial score (nSPS) is 33.2. The van der Waals surface area contributed by atoms with E-state index in [-0.39, 0.29) is 6.10 Å². The molecule has 1 fully saturated rings. The smallest absolute Gasteiger partial charge is 0.0540 e. The first kappa shape index (κ1) is 10.0. The molecule has 72 valence electrons. The maximum absolute atomic E-state index is 9.39. The van der Waals surface area contributed by atoms with Crippen molar-refractivity contribution in [2.75, 3.05) is 0 Å². The van der Waals surface area contributed by atoms with Crippen molar-refractivity contribution in [3.63, 3.8) is 0 Å². The van der Waals surface area contributed by atoms with Crippen LogP contribution in [0.25, 0.3) is 0 Å². The quantitative estimate of drug-likeness (QED) is 0.690. The summed E-state index contributed by atoms with van der Waals surface area (Å²) in [6, 6.07) is 0. The summed E-state index contributed by atoms with van der Waals surface area (Å²) < 4.78 is 0. The fourth-order valence-electron chi connectivity index (χ4n) is 2.37. The Hall–Kier alpha value is -0.0400. The Balaban J connectivity index is 2.20. The zero-order valence-corrected chi connectivity index (χ0v) is 8.42. The highest BCUT2D eigenvalue weighted by Gasteiger charge is 2.23. The van der Waals surface area contributed by atoms with E-state index in [2.05, 4.69) is 6.92 Å². The fourth-order valence-corrected chi connectivity index (χ4v) is 2.37. The fraction of sp³-hybridized carbons (Fsp3) is 1.00. The van der Waals surface area contributed by atoms with Gasteiger partial charge in [-0.3, -0.25) is 0 Å². The molecule has 0 heterocycles. The second kappa shape index (κ2) is 4.86. The predicted molar refractivity (Wildman–Crippen MR) is 52.0 cm³/mol. The zero-order chi connectivity index (χ0) is 8.97. The van der Waals surface area contributed by atoms with Crippen LogP contribution in [0.5, 0.6) is 0 Å². The minimum Gasteiger partial charge on any atom is -0.393 e.